The van der Waals surface area contributed by atoms with Crippen LogP contribution in [0, 0.1) is 11.3 Å². The number of hydrogen-bond acceptors (Lipinski definition) is 6. The van der Waals surface area contributed by atoms with Crippen molar-refractivity contribution in [2.75, 3.05) is 36.8 Å². The molecule has 2 heterocycles. The molecule has 2 rings (SSSR count). The Balaban J connectivity index is 2.45. The van der Waals surface area contributed by atoms with Gasteiger partial charge in [-0.2, -0.15) is 5.26 Å². The number of carbonyl (C=O) groups is 1. The number of nitrogens with zero attached hydrogens (tertiary/aromatic N) is 2. The average molecular weight is 251 g/mol. The molecule has 90 valence electrons. The van der Waals surface area contributed by atoms with E-state index < -0.39 is 5.91 Å². The molecule has 1 aliphatic heterocycles. The van der Waals surface area contributed by atoms with E-state index in [4.69, 9.17) is 16.7 Å². The Morgan fingerprint density at radius 2 is 2.12 bits per heavy atom. The number of nitrogens with one attached hydrogen (secondary N) is 1. The molecule has 0 spiro atoms. The van der Waals surface area contributed by atoms with Crippen LogP contribution >= 0.6 is 11.3 Å². The highest BCUT2D eigenvalue weighted by atomic mass is 32.1. The second-order valence-corrected chi connectivity index (χ2v) is 4.74. The van der Waals surface area contributed by atoms with Gasteiger partial charge in [0.15, 0.2) is 0 Å². The Bertz CT molecular complexity index is 484. The second-order valence-electron chi connectivity index (χ2n) is 3.74. The summed E-state index contributed by atoms with van der Waals surface area (Å²) < 4.78 is 0. The molecule has 0 unspecified atom stereocenters. The first-order valence-corrected chi connectivity index (χ1v) is 6.04. The summed E-state index contributed by atoms with van der Waals surface area (Å²) >= 11 is 1.23. The molecule has 5 N–H and O–H groups in total. The fraction of sp³-hybridized carbons (Fsp3) is 0.400. The summed E-state index contributed by atoms with van der Waals surface area (Å²) in [6, 6.07) is 1.99. The van der Waals surface area contributed by atoms with Crippen molar-refractivity contribution in [3.63, 3.8) is 0 Å². The van der Waals surface area contributed by atoms with Crippen LogP contribution in [0.5, 0.6) is 0 Å². The van der Waals surface area contributed by atoms with Gasteiger partial charge in [-0.05, 0) is 0 Å². The predicted molar refractivity (Wildman–Crippen MR) is 67.0 cm³/mol. The molecule has 7 heteroatoms. The molecule has 1 fully saturated rings. The van der Waals surface area contributed by atoms with E-state index in [-0.39, 0.29) is 11.3 Å². The maximum Gasteiger partial charge on any atom is 0.253 e. The molecule has 0 aliphatic carbocycles. The van der Waals surface area contributed by atoms with E-state index >= 15 is 0 Å². The first kappa shape index (κ1) is 11.7. The van der Waals surface area contributed by atoms with Crippen LogP contribution in [-0.4, -0.2) is 32.1 Å². The van der Waals surface area contributed by atoms with Crippen LogP contribution in [0.15, 0.2) is 0 Å². The van der Waals surface area contributed by atoms with Gasteiger partial charge in [-0.1, -0.05) is 0 Å². The minimum absolute atomic E-state index is 0.207. The lowest BCUT2D eigenvalue weighted by Gasteiger charge is -2.28. The first-order valence-electron chi connectivity index (χ1n) is 5.23. The summed E-state index contributed by atoms with van der Waals surface area (Å²) in [7, 11) is 0. The normalized spacial score (nSPS) is 15.6. The van der Waals surface area contributed by atoms with E-state index in [1.54, 1.807) is 0 Å². The molecule has 6 nitrogen and oxygen atoms in total. The number of nitriles is 1. The monoisotopic (exact) mass is 251 g/mol. The molecule has 0 radical (unpaired) electrons. The molecule has 1 aliphatic rings. The molecular formula is C10H13N5OS. The number of anilines is 2. The number of nitrogens with two attached hydrogens (primary N) is 2. The van der Waals surface area contributed by atoms with Gasteiger partial charge in [-0.25, -0.2) is 0 Å². The van der Waals surface area contributed by atoms with E-state index in [0.29, 0.717) is 9.88 Å². The summed E-state index contributed by atoms with van der Waals surface area (Å²) in [5.74, 6) is -0.575. The SMILES string of the molecule is N#Cc1sc(N2CCNCC2)c(C(N)=O)c1N. The van der Waals surface area contributed by atoms with Crippen LogP contribution in [0.25, 0.3) is 0 Å². The summed E-state index contributed by atoms with van der Waals surface area (Å²) in [6.45, 7) is 3.26. The minimum atomic E-state index is -0.575. The highest BCUT2D eigenvalue weighted by Crippen LogP contribution is 2.37. The Labute approximate surface area is 103 Å². The van der Waals surface area contributed by atoms with E-state index in [1.807, 2.05) is 11.0 Å². The second kappa shape index (κ2) is 4.61. The quantitative estimate of drug-likeness (QED) is 0.669. The number of hydrogen-bond donors (Lipinski definition) is 3. The molecule has 1 aromatic heterocycles. The van der Waals surface area contributed by atoms with Crippen molar-refractivity contribution in [1.29, 1.82) is 5.26 Å². The summed E-state index contributed by atoms with van der Waals surface area (Å²) in [5.41, 5.74) is 11.6. The smallest absolute Gasteiger partial charge is 0.253 e. The highest BCUT2D eigenvalue weighted by molar-refractivity contribution is 7.17. The van der Waals surface area contributed by atoms with Gasteiger partial charge >= 0.3 is 0 Å². The van der Waals surface area contributed by atoms with Gasteiger partial charge in [0.05, 0.1) is 11.3 Å². The first-order chi connectivity index (χ1) is 8.15. The summed E-state index contributed by atoms with van der Waals surface area (Å²) in [4.78, 5) is 13.8. The van der Waals surface area contributed by atoms with E-state index in [0.717, 1.165) is 26.2 Å². The van der Waals surface area contributed by atoms with Crippen LogP contribution in [-0.2, 0) is 0 Å². The number of thiophene rings is 1. The average Bonchev–Trinajstić information content (AvgIpc) is 2.67. The highest BCUT2D eigenvalue weighted by Gasteiger charge is 2.24. The third kappa shape index (κ3) is 2.05. The Morgan fingerprint density at radius 3 is 2.65 bits per heavy atom. The predicted octanol–water partition coefficient (Wildman–Crippen LogP) is -0.290. The summed E-state index contributed by atoms with van der Waals surface area (Å²) in [6.07, 6.45) is 0. The van der Waals surface area contributed by atoms with Crippen molar-refractivity contribution >= 4 is 27.9 Å². The third-order valence-electron chi connectivity index (χ3n) is 2.68. The molecule has 1 aromatic rings. The van der Waals surface area contributed by atoms with Crippen molar-refractivity contribution in [3.8, 4) is 6.07 Å². The van der Waals surface area contributed by atoms with E-state index in [9.17, 15) is 4.79 Å². The van der Waals surface area contributed by atoms with E-state index in [1.165, 1.54) is 11.3 Å². The van der Waals surface area contributed by atoms with E-state index in [2.05, 4.69) is 5.32 Å². The molecular weight excluding hydrogens is 238 g/mol. The zero-order valence-electron chi connectivity index (χ0n) is 9.19. The molecule has 0 saturated carbocycles. The Kier molecular flexibility index (Phi) is 3.17. The number of carbonyl (C=O) groups excluding carboxylic acids is 1. The third-order valence-corrected chi connectivity index (χ3v) is 3.85. The molecule has 17 heavy (non-hydrogen) atoms. The Hall–Kier alpha value is -1.78. The molecule has 1 amide bonds. The zero-order valence-corrected chi connectivity index (χ0v) is 10.0. The van der Waals surface area contributed by atoms with Gasteiger partial charge in [-0.3, -0.25) is 4.79 Å². The zero-order chi connectivity index (χ0) is 12.4. The number of primary amides is 1. The van der Waals surface area contributed by atoms with Crippen molar-refractivity contribution < 1.29 is 4.79 Å². The van der Waals surface area contributed by atoms with Gasteiger partial charge in [0.2, 0.25) is 0 Å². The number of rotatable bonds is 2. The van der Waals surface area contributed by atoms with Crippen LogP contribution in [0.1, 0.15) is 15.2 Å². The maximum atomic E-state index is 11.4. The van der Waals surface area contributed by atoms with Crippen LogP contribution in [0.3, 0.4) is 0 Å². The van der Waals surface area contributed by atoms with Gasteiger partial charge in [0, 0.05) is 26.2 Å². The number of amides is 1. The van der Waals surface area contributed by atoms with Crippen molar-refractivity contribution in [1.82, 2.24) is 5.32 Å². The lowest BCUT2D eigenvalue weighted by molar-refractivity contribution is 0.100. The summed E-state index contributed by atoms with van der Waals surface area (Å²) in [5, 5.41) is 12.9. The van der Waals surface area contributed by atoms with Crippen molar-refractivity contribution in [3.05, 3.63) is 10.4 Å². The standard InChI is InChI=1S/C10H13N5OS/c11-5-6-8(12)7(9(13)16)10(17-6)15-3-1-14-2-4-15/h14H,1-4,12H2,(H2,13,16). The number of nitrogen functional groups attached to an aromatic ring is 1. The van der Waals surface area contributed by atoms with Gasteiger partial charge in [-0.15, -0.1) is 11.3 Å². The molecule has 0 aromatic carbocycles. The van der Waals surface area contributed by atoms with Gasteiger partial charge in [0.25, 0.3) is 5.91 Å². The van der Waals surface area contributed by atoms with Gasteiger partial charge in [0.1, 0.15) is 15.9 Å². The van der Waals surface area contributed by atoms with Crippen molar-refractivity contribution in [2.45, 2.75) is 0 Å². The molecule has 0 atom stereocenters. The lowest BCUT2D eigenvalue weighted by Crippen LogP contribution is -2.43. The lowest BCUT2D eigenvalue weighted by atomic mass is 10.2. The van der Waals surface area contributed by atoms with Crippen LogP contribution < -0.4 is 21.7 Å². The topological polar surface area (TPSA) is 108 Å². The Morgan fingerprint density at radius 1 is 1.47 bits per heavy atom. The maximum absolute atomic E-state index is 11.4. The fourth-order valence-corrected chi connectivity index (χ4v) is 2.92. The fourth-order valence-electron chi connectivity index (χ4n) is 1.84. The molecule has 1 saturated heterocycles. The minimum Gasteiger partial charge on any atom is -0.396 e. The van der Waals surface area contributed by atoms with Gasteiger partial charge < -0.3 is 21.7 Å². The number of piperazine rings is 1. The largest absolute Gasteiger partial charge is 0.396 e. The van der Waals surface area contributed by atoms with Crippen LogP contribution in [0.2, 0.25) is 0 Å². The molecule has 0 bridgehead atoms. The van der Waals surface area contributed by atoms with Crippen molar-refractivity contribution in [2.24, 2.45) is 5.73 Å². The van der Waals surface area contributed by atoms with Crippen LogP contribution in [0.4, 0.5) is 10.7 Å².